The Morgan fingerprint density at radius 2 is 1.83 bits per heavy atom. The number of carbonyl (C=O) groups excluding carboxylic acids is 3. The van der Waals surface area contributed by atoms with Gasteiger partial charge in [0.15, 0.2) is 0 Å². The maximum absolute atomic E-state index is 15.5. The van der Waals surface area contributed by atoms with Crippen LogP contribution in [0, 0.1) is 35.5 Å². The van der Waals surface area contributed by atoms with Gasteiger partial charge in [0.2, 0.25) is 18.4 Å². The predicted octanol–water partition coefficient (Wildman–Crippen LogP) is 4.58. The number of fused-ring (bicyclic) bond motifs is 4. The highest BCUT2D eigenvalue weighted by Gasteiger charge is 2.74. The number of nitrogens with zero attached hydrogens (tertiary/aromatic N) is 2. The van der Waals surface area contributed by atoms with E-state index in [0.717, 1.165) is 19.3 Å². The Balaban J connectivity index is 1.30. The lowest BCUT2D eigenvalue weighted by Gasteiger charge is -2.60. The molecular formula is C31H38Cl2F2N3O4+. The van der Waals surface area contributed by atoms with Crippen molar-refractivity contribution in [2.24, 2.45) is 35.5 Å². The molecule has 1 spiro atoms. The van der Waals surface area contributed by atoms with Gasteiger partial charge in [-0.05, 0) is 74.9 Å². The number of alkyl halides is 2. The number of rotatable bonds is 5. The quantitative estimate of drug-likeness (QED) is 0.276. The molecule has 3 saturated heterocycles. The van der Waals surface area contributed by atoms with Crippen LogP contribution in [0.15, 0.2) is 34.9 Å². The largest absolute Gasteiger partial charge is 0.488 e. The Kier molecular flexibility index (Phi) is 6.69. The zero-order valence-electron chi connectivity index (χ0n) is 23.7. The van der Waals surface area contributed by atoms with Crippen LogP contribution < -0.4 is 5.32 Å². The molecule has 5 unspecified atom stereocenters. The third-order valence-corrected chi connectivity index (χ3v) is 12.3. The van der Waals surface area contributed by atoms with Crippen LogP contribution in [0.1, 0.15) is 51.4 Å². The molecule has 7 nitrogen and oxygen atoms in total. The van der Waals surface area contributed by atoms with Crippen LogP contribution in [-0.2, 0) is 14.3 Å². The second-order valence-corrected chi connectivity index (χ2v) is 14.9. The summed E-state index contributed by atoms with van der Waals surface area (Å²) in [6.07, 6.45) is 10.6. The highest BCUT2D eigenvalue weighted by molar-refractivity contribution is 6.35. The first-order chi connectivity index (χ1) is 19.9. The fourth-order valence-corrected chi connectivity index (χ4v) is 11.1. The van der Waals surface area contributed by atoms with Gasteiger partial charge in [-0.2, -0.15) is 0 Å². The zero-order chi connectivity index (χ0) is 29.8. The normalized spacial score (nSPS) is 44.6. The Morgan fingerprint density at radius 1 is 1.19 bits per heavy atom. The fraction of sp³-hybridized carbons (Fsp3) is 0.710. The molecule has 4 bridgehead atoms. The summed E-state index contributed by atoms with van der Waals surface area (Å²) >= 11 is 13.0. The first-order valence-electron chi connectivity index (χ1n) is 15.2. The molecule has 0 aromatic heterocycles. The molecule has 8 rings (SSSR count). The molecular weight excluding hydrogens is 587 g/mol. The molecule has 0 radical (unpaired) electrons. The van der Waals surface area contributed by atoms with E-state index in [-0.39, 0.29) is 34.5 Å². The maximum Gasteiger partial charge on any atom is 0.488 e. The van der Waals surface area contributed by atoms with Crippen LogP contribution in [0.5, 0.6) is 0 Å². The van der Waals surface area contributed by atoms with Gasteiger partial charge in [0.25, 0.3) is 5.92 Å². The van der Waals surface area contributed by atoms with E-state index in [9.17, 15) is 14.4 Å². The third-order valence-electron chi connectivity index (χ3n) is 11.7. The van der Waals surface area contributed by atoms with Gasteiger partial charge in [-0.1, -0.05) is 35.9 Å². The molecule has 7 fully saturated rings. The first-order valence-corrected chi connectivity index (χ1v) is 15.9. The summed E-state index contributed by atoms with van der Waals surface area (Å²) in [6.45, 7) is 2.87. The maximum atomic E-state index is 15.5. The SMILES string of the molecule is C=CCOC(=[OH+])C1C[C@@H](C(=O)N(C)C23CC4CC(CC(C4)C2)C3)C2CC(F)(F)CN2C12C(=O)NC1C(Cl)=CC(Cl)=CC12. The summed E-state index contributed by atoms with van der Waals surface area (Å²) in [6, 6.07) is -1.61. The summed E-state index contributed by atoms with van der Waals surface area (Å²) in [5.41, 5.74) is -1.94. The molecule has 6 atom stereocenters. The molecule has 228 valence electrons. The summed E-state index contributed by atoms with van der Waals surface area (Å²) in [7, 11) is 1.84. The number of piperidine rings is 1. The van der Waals surface area contributed by atoms with Crippen LogP contribution in [-0.4, -0.2) is 81.7 Å². The van der Waals surface area contributed by atoms with E-state index in [1.165, 1.54) is 36.3 Å². The number of allylic oxidation sites excluding steroid dienone is 2. The number of hydrogen-bond acceptors (Lipinski definition) is 4. The second-order valence-electron chi connectivity index (χ2n) is 14.0. The van der Waals surface area contributed by atoms with Crippen LogP contribution >= 0.6 is 23.2 Å². The Morgan fingerprint density at radius 3 is 2.45 bits per heavy atom. The Labute approximate surface area is 254 Å². The lowest BCUT2D eigenvalue weighted by molar-refractivity contribution is -0.163. The minimum atomic E-state index is -3.14. The van der Waals surface area contributed by atoms with Crippen LogP contribution in [0.4, 0.5) is 8.78 Å². The summed E-state index contributed by atoms with van der Waals surface area (Å²) in [4.78, 5) is 43.4. The van der Waals surface area contributed by atoms with Gasteiger partial charge >= 0.3 is 5.97 Å². The van der Waals surface area contributed by atoms with Crippen molar-refractivity contribution in [3.63, 3.8) is 0 Å². The summed E-state index contributed by atoms with van der Waals surface area (Å²) in [5, 5.41) is 3.46. The zero-order valence-corrected chi connectivity index (χ0v) is 25.2. The van der Waals surface area contributed by atoms with E-state index in [1.54, 1.807) is 6.08 Å². The van der Waals surface area contributed by atoms with Crippen molar-refractivity contribution in [1.29, 1.82) is 0 Å². The average Bonchev–Trinajstić information content (AvgIpc) is 3.40. The molecule has 8 aliphatic rings. The van der Waals surface area contributed by atoms with Gasteiger partial charge in [0.1, 0.15) is 11.5 Å². The van der Waals surface area contributed by atoms with Crippen LogP contribution in [0.3, 0.4) is 0 Å². The van der Waals surface area contributed by atoms with Gasteiger partial charge in [-0.15, -0.1) is 0 Å². The minimum absolute atomic E-state index is 0.0147. The second kappa shape index (κ2) is 9.77. The topological polar surface area (TPSA) is 83.3 Å². The fourth-order valence-electron chi connectivity index (χ4n) is 10.5. The lowest BCUT2D eigenvalue weighted by atomic mass is 9.52. The average molecular weight is 626 g/mol. The minimum Gasteiger partial charge on any atom is -0.346 e. The van der Waals surface area contributed by atoms with Crippen LogP contribution in [0.2, 0.25) is 0 Å². The number of halogens is 4. The summed E-state index contributed by atoms with van der Waals surface area (Å²) in [5.74, 6) is -5.22. The van der Waals surface area contributed by atoms with Gasteiger partial charge in [-0.3, -0.25) is 14.5 Å². The van der Waals surface area contributed by atoms with Crippen molar-refractivity contribution in [1.82, 2.24) is 15.1 Å². The molecule has 0 aromatic carbocycles. The van der Waals surface area contributed by atoms with Crippen LogP contribution in [0.25, 0.3) is 0 Å². The van der Waals surface area contributed by atoms with Gasteiger partial charge in [-0.25, -0.2) is 8.78 Å². The predicted molar refractivity (Wildman–Crippen MR) is 154 cm³/mol. The third kappa shape index (κ3) is 4.08. The van der Waals surface area contributed by atoms with E-state index in [2.05, 4.69) is 11.9 Å². The number of carbonyl (C=O) groups is 2. The first kappa shape index (κ1) is 28.8. The molecule has 42 heavy (non-hydrogen) atoms. The van der Waals surface area contributed by atoms with Crippen molar-refractivity contribution in [3.8, 4) is 0 Å². The van der Waals surface area contributed by atoms with E-state index in [1.807, 2.05) is 11.9 Å². The number of hydrogen-bond donors (Lipinski definition) is 1. The van der Waals surface area contributed by atoms with Crippen molar-refractivity contribution in [2.45, 2.75) is 80.5 Å². The van der Waals surface area contributed by atoms with E-state index in [4.69, 9.17) is 27.9 Å². The molecule has 4 saturated carbocycles. The van der Waals surface area contributed by atoms with Gasteiger partial charge in [0, 0.05) is 41.0 Å². The number of nitrogens with one attached hydrogen (secondary N) is 1. The monoisotopic (exact) mass is 624 g/mol. The lowest BCUT2D eigenvalue weighted by Crippen LogP contribution is -2.71. The van der Waals surface area contributed by atoms with Crippen molar-refractivity contribution in [2.75, 3.05) is 20.2 Å². The van der Waals surface area contributed by atoms with E-state index < -0.39 is 66.1 Å². The van der Waals surface area contributed by atoms with Crippen molar-refractivity contribution >= 4 is 41.0 Å². The molecule has 5 aliphatic carbocycles. The molecule has 3 heterocycles. The highest BCUT2D eigenvalue weighted by Crippen LogP contribution is 2.60. The molecule has 3 aliphatic heterocycles. The molecule has 2 amide bonds. The molecule has 0 aromatic rings. The van der Waals surface area contributed by atoms with Crippen molar-refractivity contribution < 1.29 is 27.9 Å². The van der Waals surface area contributed by atoms with Crippen molar-refractivity contribution in [3.05, 3.63) is 34.9 Å². The molecule has 2 N–H and O–H groups in total. The van der Waals surface area contributed by atoms with E-state index in [0.29, 0.717) is 17.8 Å². The standard InChI is InChI=1S/C31H37Cl2F2N3O4/c1-3-4-42-27(40)22-10-20(26(39)37(2)29-11-16-5-17(12-29)7-18(6-16)13-29)24-14-30(34,35)15-38(24)31(22)21-8-19(32)9-23(33)25(21)36-28(31)41/h3,8-9,16-18,20-22,24-25H,1,4-7,10-15H2,2H3,(H,36,41)/p+1/t16?,17?,18?,20-,21?,22?,24?,25?,29?,31?/m1/s1. The van der Waals surface area contributed by atoms with Gasteiger partial charge < -0.3 is 19.7 Å². The Hall–Kier alpha value is -1.97. The number of amides is 2. The van der Waals surface area contributed by atoms with E-state index >= 15 is 8.78 Å². The highest BCUT2D eigenvalue weighted by atomic mass is 35.5. The van der Waals surface area contributed by atoms with Gasteiger partial charge in [0.05, 0.1) is 18.5 Å². The molecule has 11 heteroatoms. The smallest absolute Gasteiger partial charge is 0.346 e. The Bertz CT molecular complexity index is 1270. The summed E-state index contributed by atoms with van der Waals surface area (Å²) < 4.78 is 36.6. The number of ether oxygens (including phenoxy) is 1. The number of esters is 1.